The summed E-state index contributed by atoms with van der Waals surface area (Å²) < 4.78 is 1.75. The van der Waals surface area contributed by atoms with E-state index >= 15 is 0 Å². The Morgan fingerprint density at radius 3 is 2.76 bits per heavy atom. The average molecular weight is 355 g/mol. The number of rotatable bonds is 5. The minimum Gasteiger partial charge on any atom is -0.368 e. The van der Waals surface area contributed by atoms with Crippen LogP contribution in [-0.4, -0.2) is 22.6 Å². The smallest absolute Gasteiger partial charge is 0.271 e. The second kappa shape index (κ2) is 7.19. The van der Waals surface area contributed by atoms with E-state index in [4.69, 9.17) is 17.3 Å². The maximum atomic E-state index is 12.1. The molecule has 0 saturated carbocycles. The van der Waals surface area contributed by atoms with E-state index in [0.717, 1.165) is 16.5 Å². The Balaban J connectivity index is 1.81. The first-order valence-corrected chi connectivity index (χ1v) is 7.87. The predicted molar refractivity (Wildman–Crippen MR) is 97.6 cm³/mol. The summed E-state index contributed by atoms with van der Waals surface area (Å²) in [5, 5.41) is 5.38. The van der Waals surface area contributed by atoms with Gasteiger partial charge in [0.1, 0.15) is 6.54 Å². The Bertz CT molecular complexity index is 978. The van der Waals surface area contributed by atoms with Gasteiger partial charge in [-0.1, -0.05) is 35.9 Å². The van der Waals surface area contributed by atoms with Crippen molar-refractivity contribution < 1.29 is 9.59 Å². The molecule has 0 bridgehead atoms. The van der Waals surface area contributed by atoms with Gasteiger partial charge in [-0.25, -0.2) is 5.43 Å². The van der Waals surface area contributed by atoms with Crippen molar-refractivity contribution in [2.75, 3.05) is 0 Å². The first kappa shape index (κ1) is 16.7. The fourth-order valence-corrected chi connectivity index (χ4v) is 2.72. The number of nitrogens with two attached hydrogens (primary N) is 1. The predicted octanol–water partition coefficient (Wildman–Crippen LogP) is 2.54. The third-order valence-corrected chi connectivity index (χ3v) is 3.84. The second-order valence-electron chi connectivity index (χ2n) is 5.41. The molecule has 0 radical (unpaired) electrons. The first-order valence-electron chi connectivity index (χ1n) is 7.50. The molecule has 0 unspecified atom stereocenters. The van der Waals surface area contributed by atoms with Crippen LogP contribution in [0.3, 0.4) is 0 Å². The fourth-order valence-electron chi connectivity index (χ4n) is 2.53. The number of nitrogens with one attached hydrogen (secondary N) is 1. The number of hydrazone groups is 1. The van der Waals surface area contributed by atoms with E-state index < -0.39 is 5.91 Å². The summed E-state index contributed by atoms with van der Waals surface area (Å²) in [4.78, 5) is 23.3. The molecule has 1 aromatic heterocycles. The van der Waals surface area contributed by atoms with Crippen LogP contribution in [0.15, 0.2) is 59.8 Å². The largest absolute Gasteiger partial charge is 0.368 e. The monoisotopic (exact) mass is 354 g/mol. The van der Waals surface area contributed by atoms with Crippen LogP contribution >= 0.6 is 11.6 Å². The molecule has 126 valence electrons. The van der Waals surface area contributed by atoms with Crippen molar-refractivity contribution in [2.24, 2.45) is 10.8 Å². The van der Waals surface area contributed by atoms with Crippen LogP contribution in [0.1, 0.15) is 15.9 Å². The van der Waals surface area contributed by atoms with Crippen LogP contribution in [0.4, 0.5) is 0 Å². The molecule has 25 heavy (non-hydrogen) atoms. The molecule has 0 atom stereocenters. The number of para-hydroxylation sites is 1. The van der Waals surface area contributed by atoms with Gasteiger partial charge in [-0.3, -0.25) is 9.59 Å². The van der Waals surface area contributed by atoms with Gasteiger partial charge in [0.2, 0.25) is 5.91 Å². The Morgan fingerprint density at radius 2 is 2.00 bits per heavy atom. The summed E-state index contributed by atoms with van der Waals surface area (Å²) in [6, 6.07) is 14.2. The van der Waals surface area contributed by atoms with Crippen molar-refractivity contribution in [2.45, 2.75) is 6.54 Å². The van der Waals surface area contributed by atoms with Crippen molar-refractivity contribution in [3.63, 3.8) is 0 Å². The third kappa shape index (κ3) is 3.87. The summed E-state index contributed by atoms with van der Waals surface area (Å²) in [5.41, 5.74) is 9.79. The number of amides is 2. The number of benzene rings is 2. The third-order valence-electron chi connectivity index (χ3n) is 3.60. The summed E-state index contributed by atoms with van der Waals surface area (Å²) in [7, 11) is 0. The summed E-state index contributed by atoms with van der Waals surface area (Å²) in [5.74, 6) is -0.793. The van der Waals surface area contributed by atoms with E-state index in [1.807, 2.05) is 24.3 Å². The number of nitrogens with zero attached hydrogens (tertiary/aromatic N) is 2. The zero-order chi connectivity index (χ0) is 17.8. The van der Waals surface area contributed by atoms with E-state index in [1.54, 1.807) is 35.0 Å². The van der Waals surface area contributed by atoms with E-state index in [1.165, 1.54) is 6.21 Å². The first-order chi connectivity index (χ1) is 12.0. The topological polar surface area (TPSA) is 89.5 Å². The highest BCUT2D eigenvalue weighted by Crippen LogP contribution is 2.19. The standard InChI is InChI=1S/C18H15ClN4O2/c19-14-5-3-4-12(8-14)18(25)22-21-9-13-10-23(11-17(20)24)16-7-2-1-6-15(13)16/h1-10H,11H2,(H2,20,24)(H,22,25). The molecule has 6 nitrogen and oxygen atoms in total. The Hall–Kier alpha value is -3.12. The van der Waals surface area contributed by atoms with Crippen LogP contribution in [0.5, 0.6) is 0 Å². The van der Waals surface area contributed by atoms with E-state index in [9.17, 15) is 9.59 Å². The lowest BCUT2D eigenvalue weighted by atomic mass is 10.2. The summed E-state index contributed by atoms with van der Waals surface area (Å²) in [6.07, 6.45) is 3.30. The lowest BCUT2D eigenvalue weighted by molar-refractivity contribution is -0.118. The van der Waals surface area contributed by atoms with Gasteiger partial charge in [-0.05, 0) is 24.3 Å². The lowest BCUT2D eigenvalue weighted by Gasteiger charge is -2.00. The van der Waals surface area contributed by atoms with Gasteiger partial charge >= 0.3 is 0 Å². The van der Waals surface area contributed by atoms with Gasteiger partial charge in [0.25, 0.3) is 5.91 Å². The van der Waals surface area contributed by atoms with Crippen LogP contribution in [-0.2, 0) is 11.3 Å². The van der Waals surface area contributed by atoms with Crippen molar-refractivity contribution in [1.29, 1.82) is 0 Å². The summed E-state index contributed by atoms with van der Waals surface area (Å²) >= 11 is 5.87. The second-order valence-corrected chi connectivity index (χ2v) is 5.84. The Morgan fingerprint density at radius 1 is 1.20 bits per heavy atom. The normalized spacial score (nSPS) is 11.1. The van der Waals surface area contributed by atoms with Crippen molar-refractivity contribution in [3.05, 3.63) is 70.9 Å². The number of carbonyl (C=O) groups is 2. The quantitative estimate of drug-likeness (QED) is 0.544. The van der Waals surface area contributed by atoms with Crippen LogP contribution in [0, 0.1) is 0 Å². The van der Waals surface area contributed by atoms with Gasteiger partial charge in [0, 0.05) is 33.2 Å². The molecule has 3 aromatic rings. The average Bonchev–Trinajstić information content (AvgIpc) is 2.92. The minimum absolute atomic E-state index is 0.0726. The van der Waals surface area contributed by atoms with Gasteiger partial charge in [-0.15, -0.1) is 0 Å². The molecule has 1 heterocycles. The highest BCUT2D eigenvalue weighted by atomic mass is 35.5. The lowest BCUT2D eigenvalue weighted by Crippen LogP contribution is -2.18. The van der Waals surface area contributed by atoms with E-state index in [-0.39, 0.29) is 12.5 Å². The minimum atomic E-state index is -0.432. The molecule has 2 aromatic carbocycles. The molecular formula is C18H15ClN4O2. The number of carbonyl (C=O) groups excluding carboxylic acids is 2. The molecule has 7 heteroatoms. The maximum Gasteiger partial charge on any atom is 0.271 e. The number of hydrogen-bond donors (Lipinski definition) is 2. The van der Waals surface area contributed by atoms with Crippen molar-refractivity contribution >= 4 is 40.5 Å². The number of aromatic nitrogens is 1. The van der Waals surface area contributed by atoms with Gasteiger partial charge in [0.15, 0.2) is 0 Å². The van der Waals surface area contributed by atoms with Gasteiger partial charge < -0.3 is 10.3 Å². The zero-order valence-corrected chi connectivity index (χ0v) is 13.9. The molecule has 0 spiro atoms. The Kier molecular flexibility index (Phi) is 4.81. The van der Waals surface area contributed by atoms with E-state index in [2.05, 4.69) is 10.5 Å². The highest BCUT2D eigenvalue weighted by molar-refractivity contribution is 6.30. The molecule has 3 N–H and O–H groups in total. The number of hydrogen-bond acceptors (Lipinski definition) is 3. The highest BCUT2D eigenvalue weighted by Gasteiger charge is 2.09. The van der Waals surface area contributed by atoms with E-state index in [0.29, 0.717) is 10.6 Å². The van der Waals surface area contributed by atoms with Gasteiger partial charge in [0.05, 0.1) is 6.21 Å². The van der Waals surface area contributed by atoms with Gasteiger partial charge in [-0.2, -0.15) is 5.10 Å². The van der Waals surface area contributed by atoms with Crippen molar-refractivity contribution in [3.8, 4) is 0 Å². The number of primary amides is 1. The molecule has 0 saturated heterocycles. The summed E-state index contributed by atoms with van der Waals surface area (Å²) in [6.45, 7) is 0.0726. The molecule has 2 amide bonds. The fraction of sp³-hybridized carbons (Fsp3) is 0.0556. The van der Waals surface area contributed by atoms with Crippen LogP contribution in [0.25, 0.3) is 10.9 Å². The van der Waals surface area contributed by atoms with Crippen LogP contribution in [0.2, 0.25) is 5.02 Å². The number of halogens is 1. The number of fused-ring (bicyclic) bond motifs is 1. The molecule has 0 aliphatic carbocycles. The SMILES string of the molecule is NC(=O)Cn1cc(C=NNC(=O)c2cccc(Cl)c2)c2ccccc21. The molecule has 0 fully saturated rings. The molecule has 0 aliphatic rings. The van der Waals surface area contributed by atoms with Crippen molar-refractivity contribution in [1.82, 2.24) is 9.99 Å². The molecule has 0 aliphatic heterocycles. The molecule has 3 rings (SSSR count). The van der Waals surface area contributed by atoms with Crippen LogP contribution < -0.4 is 11.2 Å². The maximum absolute atomic E-state index is 12.1. The molecular weight excluding hydrogens is 340 g/mol. The Labute approximate surface area is 148 Å². The zero-order valence-electron chi connectivity index (χ0n) is 13.1.